The van der Waals surface area contributed by atoms with Crippen molar-refractivity contribution in [1.82, 2.24) is 15.1 Å². The van der Waals surface area contributed by atoms with Crippen molar-refractivity contribution in [2.24, 2.45) is 0 Å². The van der Waals surface area contributed by atoms with Crippen molar-refractivity contribution in [3.8, 4) is 0 Å². The zero-order valence-corrected chi connectivity index (χ0v) is 13.3. The van der Waals surface area contributed by atoms with Crippen LogP contribution < -0.4 is 5.32 Å². The quantitative estimate of drug-likeness (QED) is 0.872. The summed E-state index contributed by atoms with van der Waals surface area (Å²) in [4.78, 5) is 5.32. The normalized spacial score (nSPS) is 24.7. The van der Waals surface area contributed by atoms with Crippen molar-refractivity contribution in [1.29, 1.82) is 0 Å². The van der Waals surface area contributed by atoms with Gasteiger partial charge in [0.05, 0.1) is 12.8 Å². The molecule has 2 fully saturated rings. The largest absolute Gasteiger partial charge is 0.468 e. The zero-order valence-electron chi connectivity index (χ0n) is 13.3. The van der Waals surface area contributed by atoms with Gasteiger partial charge in [-0.2, -0.15) is 0 Å². The standard InChI is InChI=1S/C17H29N3O/c1-2-18-12-17-15(7-11-21-17)13-19-10-6-16(14-19)20-8-4-3-5-9-20/h7,11,16,18H,2-6,8-10,12-14H2,1H3. The van der Waals surface area contributed by atoms with E-state index in [4.69, 9.17) is 4.42 Å². The van der Waals surface area contributed by atoms with Gasteiger partial charge in [0.25, 0.3) is 0 Å². The molecule has 0 aliphatic carbocycles. The lowest BCUT2D eigenvalue weighted by atomic mass is 10.1. The van der Waals surface area contributed by atoms with Gasteiger partial charge in [0.1, 0.15) is 5.76 Å². The van der Waals surface area contributed by atoms with Gasteiger partial charge in [-0.05, 0) is 45.0 Å². The third kappa shape index (κ3) is 3.87. The molecule has 0 radical (unpaired) electrons. The summed E-state index contributed by atoms with van der Waals surface area (Å²) in [5, 5.41) is 3.36. The molecule has 0 aromatic carbocycles. The number of likely N-dealkylation sites (tertiary alicyclic amines) is 2. The lowest BCUT2D eigenvalue weighted by molar-refractivity contribution is 0.161. The van der Waals surface area contributed by atoms with E-state index in [-0.39, 0.29) is 0 Å². The topological polar surface area (TPSA) is 31.7 Å². The lowest BCUT2D eigenvalue weighted by Gasteiger charge is -2.32. The minimum Gasteiger partial charge on any atom is -0.468 e. The summed E-state index contributed by atoms with van der Waals surface area (Å²) in [6, 6.07) is 2.93. The van der Waals surface area contributed by atoms with Crippen LogP contribution in [0.5, 0.6) is 0 Å². The molecule has 0 saturated carbocycles. The van der Waals surface area contributed by atoms with Crippen molar-refractivity contribution in [3.63, 3.8) is 0 Å². The van der Waals surface area contributed by atoms with Crippen molar-refractivity contribution < 1.29 is 4.42 Å². The monoisotopic (exact) mass is 291 g/mol. The van der Waals surface area contributed by atoms with Gasteiger partial charge in [0, 0.05) is 31.2 Å². The van der Waals surface area contributed by atoms with E-state index in [0.717, 1.165) is 31.4 Å². The van der Waals surface area contributed by atoms with Gasteiger partial charge in [0.15, 0.2) is 0 Å². The van der Waals surface area contributed by atoms with E-state index in [9.17, 15) is 0 Å². The number of hydrogen-bond acceptors (Lipinski definition) is 4. The highest BCUT2D eigenvalue weighted by molar-refractivity contribution is 5.17. The molecule has 21 heavy (non-hydrogen) atoms. The summed E-state index contributed by atoms with van der Waals surface area (Å²) in [6.07, 6.45) is 7.38. The first kappa shape index (κ1) is 15.1. The Labute approximate surface area is 128 Å². The first-order valence-corrected chi connectivity index (χ1v) is 8.59. The average molecular weight is 291 g/mol. The Bertz CT molecular complexity index is 425. The van der Waals surface area contributed by atoms with E-state index in [1.165, 1.54) is 57.4 Å². The number of furan rings is 1. The van der Waals surface area contributed by atoms with E-state index in [0.29, 0.717) is 0 Å². The molecular weight excluding hydrogens is 262 g/mol. The summed E-state index contributed by atoms with van der Waals surface area (Å²) in [7, 11) is 0. The summed E-state index contributed by atoms with van der Waals surface area (Å²) < 4.78 is 5.62. The Morgan fingerprint density at radius 3 is 2.90 bits per heavy atom. The molecule has 1 N–H and O–H groups in total. The molecule has 3 heterocycles. The van der Waals surface area contributed by atoms with Gasteiger partial charge < -0.3 is 9.73 Å². The van der Waals surface area contributed by atoms with Crippen LogP contribution in [0.4, 0.5) is 0 Å². The van der Waals surface area contributed by atoms with Crippen LogP contribution in [-0.4, -0.2) is 48.6 Å². The Morgan fingerprint density at radius 1 is 1.24 bits per heavy atom. The van der Waals surface area contributed by atoms with Crippen molar-refractivity contribution in [3.05, 3.63) is 23.7 Å². The van der Waals surface area contributed by atoms with Gasteiger partial charge >= 0.3 is 0 Å². The Morgan fingerprint density at radius 2 is 2.10 bits per heavy atom. The molecule has 1 aromatic heterocycles. The van der Waals surface area contributed by atoms with Crippen LogP contribution in [-0.2, 0) is 13.1 Å². The minimum atomic E-state index is 0.786. The summed E-state index contributed by atoms with van der Waals surface area (Å²) in [5.74, 6) is 1.11. The molecule has 0 bridgehead atoms. The highest BCUT2D eigenvalue weighted by Gasteiger charge is 2.28. The average Bonchev–Trinajstić information content (AvgIpc) is 3.16. The maximum absolute atomic E-state index is 5.62. The minimum absolute atomic E-state index is 0.786. The molecule has 0 spiro atoms. The van der Waals surface area contributed by atoms with E-state index < -0.39 is 0 Å². The number of nitrogens with zero attached hydrogens (tertiary/aromatic N) is 2. The predicted molar refractivity (Wildman–Crippen MR) is 85.2 cm³/mol. The maximum Gasteiger partial charge on any atom is 0.122 e. The molecule has 1 atom stereocenters. The Hall–Kier alpha value is -0.840. The summed E-state index contributed by atoms with van der Waals surface area (Å²) in [6.45, 7) is 10.1. The van der Waals surface area contributed by atoms with Crippen LogP contribution >= 0.6 is 0 Å². The lowest BCUT2D eigenvalue weighted by Crippen LogP contribution is -2.40. The molecular formula is C17H29N3O. The van der Waals surface area contributed by atoms with E-state index in [1.807, 2.05) is 6.26 Å². The predicted octanol–water partition coefficient (Wildman–Crippen LogP) is 2.45. The molecule has 0 amide bonds. The molecule has 1 unspecified atom stereocenters. The molecule has 1 aromatic rings. The van der Waals surface area contributed by atoms with Gasteiger partial charge in [-0.1, -0.05) is 13.3 Å². The van der Waals surface area contributed by atoms with E-state index in [1.54, 1.807) is 0 Å². The van der Waals surface area contributed by atoms with Crippen molar-refractivity contribution in [2.45, 2.75) is 51.7 Å². The van der Waals surface area contributed by atoms with Crippen molar-refractivity contribution >= 4 is 0 Å². The van der Waals surface area contributed by atoms with Crippen LogP contribution in [0.15, 0.2) is 16.7 Å². The zero-order chi connectivity index (χ0) is 14.5. The fraction of sp³-hybridized carbons (Fsp3) is 0.765. The first-order valence-electron chi connectivity index (χ1n) is 8.59. The molecule has 2 saturated heterocycles. The molecule has 2 aliphatic rings. The number of nitrogens with one attached hydrogen (secondary N) is 1. The van der Waals surface area contributed by atoms with E-state index >= 15 is 0 Å². The third-order valence-corrected chi connectivity index (χ3v) is 4.92. The van der Waals surface area contributed by atoms with Gasteiger partial charge in [-0.15, -0.1) is 0 Å². The number of hydrogen-bond donors (Lipinski definition) is 1. The third-order valence-electron chi connectivity index (χ3n) is 4.92. The van der Waals surface area contributed by atoms with Crippen molar-refractivity contribution in [2.75, 3.05) is 32.7 Å². The van der Waals surface area contributed by atoms with E-state index in [2.05, 4.69) is 28.1 Å². The highest BCUT2D eigenvalue weighted by atomic mass is 16.3. The van der Waals surface area contributed by atoms with Gasteiger partial charge in [-0.25, -0.2) is 0 Å². The Kier molecular flexibility index (Phi) is 5.33. The molecule has 118 valence electrons. The SMILES string of the molecule is CCNCc1occc1CN1CCC(N2CCCCC2)C1. The Balaban J connectivity index is 1.51. The summed E-state index contributed by atoms with van der Waals surface area (Å²) >= 11 is 0. The first-order chi connectivity index (χ1) is 10.4. The summed E-state index contributed by atoms with van der Waals surface area (Å²) in [5.41, 5.74) is 1.36. The number of piperidine rings is 1. The van der Waals surface area contributed by atoms with Crippen LogP contribution in [0.2, 0.25) is 0 Å². The molecule has 2 aliphatic heterocycles. The smallest absolute Gasteiger partial charge is 0.122 e. The second-order valence-corrected chi connectivity index (χ2v) is 6.42. The molecule has 3 rings (SSSR count). The van der Waals surface area contributed by atoms with Gasteiger partial charge in [0.2, 0.25) is 0 Å². The van der Waals surface area contributed by atoms with Crippen LogP contribution in [0.25, 0.3) is 0 Å². The second-order valence-electron chi connectivity index (χ2n) is 6.42. The molecule has 4 nitrogen and oxygen atoms in total. The van der Waals surface area contributed by atoms with Crippen LogP contribution in [0.1, 0.15) is 43.9 Å². The maximum atomic E-state index is 5.62. The highest BCUT2D eigenvalue weighted by Crippen LogP contribution is 2.22. The number of rotatable bonds is 6. The fourth-order valence-electron chi connectivity index (χ4n) is 3.68. The molecule has 4 heteroatoms. The second kappa shape index (κ2) is 7.43. The van der Waals surface area contributed by atoms with Gasteiger partial charge in [-0.3, -0.25) is 9.80 Å². The van der Waals surface area contributed by atoms with Crippen LogP contribution in [0.3, 0.4) is 0 Å². The fourth-order valence-corrected chi connectivity index (χ4v) is 3.68. The van der Waals surface area contributed by atoms with Crippen LogP contribution in [0, 0.1) is 0 Å².